The van der Waals surface area contributed by atoms with Crippen LogP contribution in [0.15, 0.2) is 59.4 Å². The number of hydrogen-bond acceptors (Lipinski definition) is 5. The smallest absolute Gasteiger partial charge is 0.267 e. The van der Waals surface area contributed by atoms with Crippen LogP contribution in [0.2, 0.25) is 0 Å². The first-order valence-electron chi connectivity index (χ1n) is 10.5. The van der Waals surface area contributed by atoms with Gasteiger partial charge in [-0.1, -0.05) is 18.2 Å². The van der Waals surface area contributed by atoms with Crippen molar-refractivity contribution in [1.29, 1.82) is 0 Å². The molecule has 0 bridgehead atoms. The number of benzene rings is 2. The van der Waals surface area contributed by atoms with Crippen LogP contribution in [0.5, 0.6) is 11.5 Å². The van der Waals surface area contributed by atoms with Crippen LogP contribution in [0, 0.1) is 0 Å². The zero-order valence-electron chi connectivity index (χ0n) is 17.3. The van der Waals surface area contributed by atoms with E-state index in [1.807, 2.05) is 42.5 Å². The van der Waals surface area contributed by atoms with E-state index in [2.05, 4.69) is 5.10 Å². The number of hydrogen-bond donors (Lipinski definition) is 0. The molecule has 1 atom stereocenters. The van der Waals surface area contributed by atoms with Crippen LogP contribution in [0.3, 0.4) is 0 Å². The van der Waals surface area contributed by atoms with Gasteiger partial charge in [-0.05, 0) is 55.7 Å². The number of rotatable bonds is 3. The molecule has 3 aromatic rings. The van der Waals surface area contributed by atoms with Gasteiger partial charge in [0, 0.05) is 23.9 Å². The second-order valence-corrected chi connectivity index (χ2v) is 7.76. The van der Waals surface area contributed by atoms with Crippen molar-refractivity contribution in [3.8, 4) is 22.8 Å². The number of carbonyl (C=O) groups is 1. The van der Waals surface area contributed by atoms with Crippen LogP contribution in [-0.2, 0) is 11.2 Å². The largest absolute Gasteiger partial charge is 0.486 e. The highest BCUT2D eigenvalue weighted by atomic mass is 16.6. The Balaban J connectivity index is 1.47. The summed E-state index contributed by atoms with van der Waals surface area (Å²) in [6.07, 6.45) is 1.85. The fraction of sp³-hybridized carbons (Fsp3) is 0.292. The van der Waals surface area contributed by atoms with Crippen molar-refractivity contribution in [3.63, 3.8) is 0 Å². The van der Waals surface area contributed by atoms with Crippen molar-refractivity contribution in [1.82, 2.24) is 9.78 Å². The van der Waals surface area contributed by atoms with Crippen molar-refractivity contribution in [2.45, 2.75) is 25.8 Å². The van der Waals surface area contributed by atoms with E-state index in [4.69, 9.17) is 9.47 Å². The monoisotopic (exact) mass is 417 g/mol. The predicted molar refractivity (Wildman–Crippen MR) is 117 cm³/mol. The van der Waals surface area contributed by atoms with E-state index < -0.39 is 6.04 Å². The first-order valence-corrected chi connectivity index (χ1v) is 10.5. The molecular weight excluding hydrogens is 394 g/mol. The maximum atomic E-state index is 13.3. The average molecular weight is 417 g/mol. The Kier molecular flexibility index (Phi) is 4.94. The minimum absolute atomic E-state index is 0.138. The standard InChI is InChI=1S/C24H23N3O4/c1-16(24(29)26-12-4-6-17-5-2-3-7-20(17)26)27-23(28)11-9-19(25-27)18-8-10-21-22(15-18)31-14-13-30-21/h2-3,5,7-11,15-16H,4,6,12-14H2,1H3/t16-/m1/s1. The quantitative estimate of drug-likeness (QED) is 0.654. The SMILES string of the molecule is C[C@H](C(=O)N1CCCc2ccccc21)n1nc(-c2ccc3c(c2)OCCO3)ccc1=O. The first-order chi connectivity index (χ1) is 15.1. The Hall–Kier alpha value is -3.61. The Bertz CT molecular complexity index is 1200. The maximum Gasteiger partial charge on any atom is 0.267 e. The normalized spacial score (nSPS) is 15.8. The number of anilines is 1. The van der Waals surface area contributed by atoms with E-state index in [9.17, 15) is 9.59 Å². The van der Waals surface area contributed by atoms with Crippen molar-refractivity contribution >= 4 is 11.6 Å². The summed E-state index contributed by atoms with van der Waals surface area (Å²) < 4.78 is 12.5. The molecule has 0 saturated carbocycles. The predicted octanol–water partition coefficient (Wildman–Crippen LogP) is 3.22. The minimum Gasteiger partial charge on any atom is -0.486 e. The molecule has 0 radical (unpaired) electrons. The van der Waals surface area contributed by atoms with Crippen molar-refractivity contribution in [3.05, 3.63) is 70.5 Å². The molecule has 0 aliphatic carbocycles. The van der Waals surface area contributed by atoms with E-state index in [0.717, 1.165) is 29.7 Å². The van der Waals surface area contributed by atoms with Crippen LogP contribution in [-0.4, -0.2) is 35.4 Å². The van der Waals surface area contributed by atoms with Gasteiger partial charge in [0.15, 0.2) is 11.5 Å². The second-order valence-electron chi connectivity index (χ2n) is 7.76. The summed E-state index contributed by atoms with van der Waals surface area (Å²) in [5.41, 5.74) is 3.14. The zero-order chi connectivity index (χ0) is 21.4. The third kappa shape index (κ3) is 3.56. The Labute approximate surface area is 179 Å². The maximum absolute atomic E-state index is 13.3. The molecule has 2 aliphatic heterocycles. The Morgan fingerprint density at radius 3 is 2.71 bits per heavy atom. The third-order valence-electron chi connectivity index (χ3n) is 5.76. The van der Waals surface area contributed by atoms with Gasteiger partial charge in [0.25, 0.3) is 11.5 Å². The van der Waals surface area contributed by atoms with Crippen molar-refractivity contribution < 1.29 is 14.3 Å². The minimum atomic E-state index is -0.726. The molecule has 2 aliphatic rings. The number of aromatic nitrogens is 2. The zero-order valence-corrected chi connectivity index (χ0v) is 17.3. The highest BCUT2D eigenvalue weighted by Crippen LogP contribution is 2.34. The lowest BCUT2D eigenvalue weighted by Crippen LogP contribution is -2.42. The molecule has 5 rings (SSSR count). The number of carbonyl (C=O) groups excluding carboxylic acids is 1. The number of ether oxygens (including phenoxy) is 2. The molecule has 31 heavy (non-hydrogen) atoms. The topological polar surface area (TPSA) is 73.7 Å². The summed E-state index contributed by atoms with van der Waals surface area (Å²) in [4.78, 5) is 27.7. The molecule has 0 fully saturated rings. The van der Waals surface area contributed by atoms with Crippen LogP contribution in [0.1, 0.15) is 24.9 Å². The summed E-state index contributed by atoms with van der Waals surface area (Å²) >= 11 is 0. The van der Waals surface area contributed by atoms with E-state index in [1.54, 1.807) is 17.9 Å². The van der Waals surface area contributed by atoms with Gasteiger partial charge >= 0.3 is 0 Å². The van der Waals surface area contributed by atoms with Gasteiger partial charge in [0.1, 0.15) is 19.3 Å². The number of nitrogens with zero attached hydrogens (tertiary/aromatic N) is 3. The first kappa shape index (κ1) is 19.4. The highest BCUT2D eigenvalue weighted by Gasteiger charge is 2.28. The summed E-state index contributed by atoms with van der Waals surface area (Å²) in [5.74, 6) is 1.20. The molecule has 158 valence electrons. The molecule has 7 nitrogen and oxygen atoms in total. The molecule has 0 saturated heterocycles. The van der Waals surface area contributed by atoms with Gasteiger partial charge in [-0.3, -0.25) is 9.59 Å². The van der Waals surface area contributed by atoms with E-state index in [1.165, 1.54) is 10.7 Å². The van der Waals surface area contributed by atoms with Gasteiger partial charge in [-0.25, -0.2) is 4.68 Å². The third-order valence-corrected chi connectivity index (χ3v) is 5.76. The molecule has 1 amide bonds. The lowest BCUT2D eigenvalue weighted by atomic mass is 10.0. The lowest BCUT2D eigenvalue weighted by molar-refractivity contribution is -0.121. The Morgan fingerprint density at radius 2 is 1.84 bits per heavy atom. The number of aryl methyl sites for hydroxylation is 1. The molecule has 2 aromatic carbocycles. The van der Waals surface area contributed by atoms with Crippen LogP contribution >= 0.6 is 0 Å². The number of fused-ring (bicyclic) bond motifs is 2. The van der Waals surface area contributed by atoms with Crippen molar-refractivity contribution in [2.75, 3.05) is 24.7 Å². The van der Waals surface area contributed by atoms with E-state index in [0.29, 0.717) is 37.0 Å². The molecule has 1 aromatic heterocycles. The fourth-order valence-electron chi connectivity index (χ4n) is 4.15. The van der Waals surface area contributed by atoms with E-state index >= 15 is 0 Å². The second kappa shape index (κ2) is 7.91. The van der Waals surface area contributed by atoms with Crippen LogP contribution in [0.25, 0.3) is 11.3 Å². The molecule has 3 heterocycles. The number of para-hydroxylation sites is 1. The summed E-state index contributed by atoms with van der Waals surface area (Å²) in [6.45, 7) is 3.37. The summed E-state index contributed by atoms with van der Waals surface area (Å²) in [5, 5.41) is 4.52. The molecule has 0 N–H and O–H groups in total. The molecular formula is C24H23N3O4. The number of amides is 1. The lowest BCUT2D eigenvalue weighted by Gasteiger charge is -2.31. The molecule has 7 heteroatoms. The van der Waals surface area contributed by atoms with Gasteiger partial charge in [-0.2, -0.15) is 5.10 Å². The van der Waals surface area contributed by atoms with Gasteiger partial charge in [0.2, 0.25) is 0 Å². The van der Waals surface area contributed by atoms with Gasteiger partial charge in [0.05, 0.1) is 5.69 Å². The van der Waals surface area contributed by atoms with Gasteiger partial charge in [-0.15, -0.1) is 0 Å². The van der Waals surface area contributed by atoms with Crippen LogP contribution in [0.4, 0.5) is 5.69 Å². The van der Waals surface area contributed by atoms with Gasteiger partial charge < -0.3 is 14.4 Å². The van der Waals surface area contributed by atoms with Crippen molar-refractivity contribution in [2.24, 2.45) is 0 Å². The summed E-state index contributed by atoms with van der Waals surface area (Å²) in [7, 11) is 0. The summed E-state index contributed by atoms with van der Waals surface area (Å²) in [6, 6.07) is 15.9. The highest BCUT2D eigenvalue weighted by molar-refractivity contribution is 5.97. The Morgan fingerprint density at radius 1 is 1.03 bits per heavy atom. The fourth-order valence-corrected chi connectivity index (χ4v) is 4.15. The molecule has 0 unspecified atom stereocenters. The van der Waals surface area contributed by atoms with E-state index in [-0.39, 0.29) is 11.5 Å². The average Bonchev–Trinajstić information content (AvgIpc) is 2.83. The van der Waals surface area contributed by atoms with Crippen LogP contribution < -0.4 is 19.9 Å². The molecule has 0 spiro atoms.